The molecule has 2 aromatic heterocycles. The molecule has 7 heteroatoms. The number of piperidine rings is 1. The van der Waals surface area contributed by atoms with Crippen molar-refractivity contribution in [1.82, 2.24) is 15.0 Å². The highest BCUT2D eigenvalue weighted by atomic mass is 16.5. The van der Waals surface area contributed by atoms with Crippen LogP contribution in [0.4, 0.5) is 11.6 Å². The number of ether oxygens (including phenoxy) is 1. The molecule has 0 unspecified atom stereocenters. The van der Waals surface area contributed by atoms with Crippen LogP contribution in [-0.2, 0) is 4.74 Å². The smallest absolute Gasteiger partial charge is 0.339 e. The van der Waals surface area contributed by atoms with Gasteiger partial charge in [0.2, 0.25) is 0 Å². The van der Waals surface area contributed by atoms with Gasteiger partial charge in [-0.1, -0.05) is 0 Å². The number of aromatic nitrogens is 3. The molecule has 0 atom stereocenters. The van der Waals surface area contributed by atoms with Crippen LogP contribution in [0.3, 0.4) is 0 Å². The lowest BCUT2D eigenvalue weighted by atomic mass is 10.0. The fraction of sp³-hybridized carbons (Fsp3) is 0.474. The molecular formula is C19H25N5O2. The first-order valence-electron chi connectivity index (χ1n) is 8.86. The topological polar surface area (TPSA) is 80.2 Å². The van der Waals surface area contributed by atoms with Gasteiger partial charge in [-0.3, -0.25) is 0 Å². The largest absolute Gasteiger partial charge is 0.465 e. The quantitative estimate of drug-likeness (QED) is 0.845. The Kier molecular flexibility index (Phi) is 5.35. The molecule has 0 bridgehead atoms. The van der Waals surface area contributed by atoms with E-state index < -0.39 is 0 Å². The van der Waals surface area contributed by atoms with E-state index in [1.165, 1.54) is 7.11 Å². The molecule has 0 radical (unpaired) electrons. The molecule has 0 spiro atoms. The van der Waals surface area contributed by atoms with E-state index in [1.54, 1.807) is 6.07 Å². The number of esters is 1. The number of anilines is 2. The number of carbonyl (C=O) groups excluding carboxylic acids is 1. The average Bonchev–Trinajstić information content (AvgIpc) is 2.61. The highest BCUT2D eigenvalue weighted by Crippen LogP contribution is 2.21. The first kappa shape index (κ1) is 18.1. The van der Waals surface area contributed by atoms with Crippen LogP contribution in [0.15, 0.2) is 18.2 Å². The Morgan fingerprint density at radius 2 is 1.88 bits per heavy atom. The maximum absolute atomic E-state index is 11.7. The lowest BCUT2D eigenvalue weighted by Gasteiger charge is -2.33. The summed E-state index contributed by atoms with van der Waals surface area (Å²) >= 11 is 0. The highest BCUT2D eigenvalue weighted by Gasteiger charge is 2.21. The summed E-state index contributed by atoms with van der Waals surface area (Å²) < 4.78 is 4.76. The minimum atomic E-state index is -0.356. The van der Waals surface area contributed by atoms with Crippen LogP contribution in [0.2, 0.25) is 0 Å². The van der Waals surface area contributed by atoms with Gasteiger partial charge in [0.25, 0.3) is 0 Å². The molecule has 26 heavy (non-hydrogen) atoms. The van der Waals surface area contributed by atoms with Crippen LogP contribution in [0.25, 0.3) is 0 Å². The Morgan fingerprint density at radius 3 is 2.50 bits per heavy atom. The number of carbonyl (C=O) groups is 1. The lowest BCUT2D eigenvalue weighted by Crippen LogP contribution is -2.39. The minimum absolute atomic E-state index is 0.353. The third-order valence-electron chi connectivity index (χ3n) is 4.61. The van der Waals surface area contributed by atoms with Gasteiger partial charge in [-0.15, -0.1) is 0 Å². The predicted molar refractivity (Wildman–Crippen MR) is 101 cm³/mol. The second-order valence-electron chi connectivity index (χ2n) is 6.64. The Labute approximate surface area is 153 Å². The monoisotopic (exact) mass is 355 g/mol. The van der Waals surface area contributed by atoms with Crippen molar-refractivity contribution >= 4 is 17.6 Å². The Hall–Kier alpha value is -2.70. The van der Waals surface area contributed by atoms with Gasteiger partial charge < -0.3 is 15.0 Å². The van der Waals surface area contributed by atoms with Gasteiger partial charge in [0.05, 0.1) is 18.4 Å². The number of aryl methyl sites for hydroxylation is 3. The molecule has 1 aliphatic rings. The summed E-state index contributed by atoms with van der Waals surface area (Å²) in [4.78, 5) is 27.3. The van der Waals surface area contributed by atoms with Gasteiger partial charge in [0.15, 0.2) is 0 Å². The van der Waals surface area contributed by atoms with Crippen LogP contribution in [0.1, 0.15) is 40.4 Å². The van der Waals surface area contributed by atoms with Crippen molar-refractivity contribution in [2.75, 3.05) is 30.4 Å². The highest BCUT2D eigenvalue weighted by molar-refractivity contribution is 5.90. The first-order valence-corrected chi connectivity index (χ1v) is 8.86. The SMILES string of the molecule is COC(=O)c1ccc(NC2CCN(c3cc(C)nc(C)n3)CC2)nc1C. The molecule has 1 saturated heterocycles. The fourth-order valence-electron chi connectivity index (χ4n) is 3.29. The standard InChI is InChI=1S/C19H25N5O2/c1-12-11-18(22-14(3)20-12)24-9-7-15(8-10-24)23-17-6-5-16(13(2)21-17)19(25)26-4/h5-6,11,15H,7-10H2,1-4H3,(H,21,23). The van der Waals surface area contributed by atoms with Crippen molar-refractivity contribution in [3.8, 4) is 0 Å². The zero-order valence-electron chi connectivity index (χ0n) is 15.7. The van der Waals surface area contributed by atoms with Crippen LogP contribution in [-0.4, -0.2) is 47.2 Å². The minimum Gasteiger partial charge on any atom is -0.465 e. The van der Waals surface area contributed by atoms with Crippen molar-refractivity contribution in [1.29, 1.82) is 0 Å². The molecule has 1 aliphatic heterocycles. The Morgan fingerprint density at radius 1 is 1.15 bits per heavy atom. The molecule has 0 aliphatic carbocycles. The molecule has 3 heterocycles. The summed E-state index contributed by atoms with van der Waals surface area (Å²) in [5.74, 6) is 2.25. The molecular weight excluding hydrogens is 330 g/mol. The summed E-state index contributed by atoms with van der Waals surface area (Å²) in [7, 11) is 1.38. The van der Waals surface area contributed by atoms with Gasteiger partial charge in [-0.2, -0.15) is 0 Å². The average molecular weight is 355 g/mol. The third kappa shape index (κ3) is 4.09. The van der Waals surface area contributed by atoms with Gasteiger partial charge in [-0.25, -0.2) is 19.7 Å². The number of methoxy groups -OCH3 is 1. The van der Waals surface area contributed by atoms with E-state index in [4.69, 9.17) is 4.74 Å². The van der Waals surface area contributed by atoms with E-state index in [2.05, 4.69) is 25.2 Å². The van der Waals surface area contributed by atoms with Gasteiger partial charge in [0.1, 0.15) is 17.5 Å². The summed E-state index contributed by atoms with van der Waals surface area (Å²) in [6.07, 6.45) is 2.00. The molecule has 1 N–H and O–H groups in total. The van der Waals surface area contributed by atoms with Crippen molar-refractivity contribution in [2.24, 2.45) is 0 Å². The first-order chi connectivity index (χ1) is 12.5. The van der Waals surface area contributed by atoms with Crippen LogP contribution < -0.4 is 10.2 Å². The maximum Gasteiger partial charge on any atom is 0.339 e. The van der Waals surface area contributed by atoms with Gasteiger partial charge in [-0.05, 0) is 45.7 Å². The second kappa shape index (κ2) is 7.68. The second-order valence-corrected chi connectivity index (χ2v) is 6.64. The lowest BCUT2D eigenvalue weighted by molar-refractivity contribution is 0.0599. The van der Waals surface area contributed by atoms with Gasteiger partial charge in [0, 0.05) is 30.9 Å². The van der Waals surface area contributed by atoms with Gasteiger partial charge >= 0.3 is 5.97 Å². The van der Waals surface area contributed by atoms with Crippen LogP contribution >= 0.6 is 0 Å². The third-order valence-corrected chi connectivity index (χ3v) is 4.61. The molecule has 3 rings (SSSR count). The molecule has 1 fully saturated rings. The summed E-state index contributed by atoms with van der Waals surface area (Å²) in [5, 5.41) is 3.48. The fourth-order valence-corrected chi connectivity index (χ4v) is 3.29. The molecule has 0 saturated carbocycles. The maximum atomic E-state index is 11.7. The molecule has 138 valence electrons. The number of nitrogens with one attached hydrogen (secondary N) is 1. The summed E-state index contributed by atoms with van der Waals surface area (Å²) in [6, 6.07) is 5.99. The Bertz CT molecular complexity index is 780. The number of rotatable bonds is 4. The van der Waals surface area contributed by atoms with Crippen LogP contribution in [0, 0.1) is 20.8 Å². The number of pyridine rings is 1. The van der Waals surface area contributed by atoms with E-state index in [-0.39, 0.29) is 5.97 Å². The predicted octanol–water partition coefficient (Wildman–Crippen LogP) is 2.66. The van der Waals surface area contributed by atoms with E-state index in [1.807, 2.05) is 32.9 Å². The van der Waals surface area contributed by atoms with Crippen molar-refractivity contribution in [3.63, 3.8) is 0 Å². The Balaban J connectivity index is 1.60. The van der Waals surface area contributed by atoms with Crippen LogP contribution in [0.5, 0.6) is 0 Å². The molecule has 7 nitrogen and oxygen atoms in total. The number of nitrogens with zero attached hydrogens (tertiary/aromatic N) is 4. The van der Waals surface area contributed by atoms with E-state index in [0.717, 1.165) is 49.1 Å². The summed E-state index contributed by atoms with van der Waals surface area (Å²) in [5.41, 5.74) is 2.17. The van der Waals surface area contributed by atoms with Crippen molar-refractivity contribution in [3.05, 3.63) is 41.0 Å². The molecule has 0 amide bonds. The van der Waals surface area contributed by atoms with E-state index in [0.29, 0.717) is 17.3 Å². The summed E-state index contributed by atoms with van der Waals surface area (Å²) in [6.45, 7) is 7.62. The van der Waals surface area contributed by atoms with Crippen molar-refractivity contribution in [2.45, 2.75) is 39.7 Å². The zero-order chi connectivity index (χ0) is 18.7. The molecule has 0 aromatic carbocycles. The van der Waals surface area contributed by atoms with E-state index >= 15 is 0 Å². The van der Waals surface area contributed by atoms with Crippen molar-refractivity contribution < 1.29 is 9.53 Å². The van der Waals surface area contributed by atoms with E-state index in [9.17, 15) is 4.79 Å². The number of hydrogen-bond donors (Lipinski definition) is 1. The zero-order valence-corrected chi connectivity index (χ0v) is 15.7. The number of hydrogen-bond acceptors (Lipinski definition) is 7. The normalized spacial score (nSPS) is 15.0. The molecule has 2 aromatic rings.